The lowest BCUT2D eigenvalue weighted by Gasteiger charge is -2.03. The number of fused-ring (bicyclic) bond motifs is 1. The molecule has 1 atom stereocenters. The highest BCUT2D eigenvalue weighted by atomic mass is 32.2. The molecule has 0 bridgehead atoms. The summed E-state index contributed by atoms with van der Waals surface area (Å²) in [5.74, 6) is 0. The molecule has 1 unspecified atom stereocenters. The highest BCUT2D eigenvalue weighted by molar-refractivity contribution is 7.79. The Balaban J connectivity index is 2.88. The van der Waals surface area contributed by atoms with Gasteiger partial charge < -0.3 is 4.55 Å². The topological polar surface area (TPSA) is 50.2 Å². The number of hydrogen-bond acceptors (Lipinski definition) is 2. The van der Waals surface area contributed by atoms with Gasteiger partial charge >= 0.3 is 0 Å². The van der Waals surface area contributed by atoms with Gasteiger partial charge in [-0.2, -0.15) is 0 Å². The number of rotatable bonds is 1. The minimum Gasteiger partial charge on any atom is -0.302 e. The second kappa shape index (κ2) is 3.48. The molecule has 3 nitrogen and oxygen atoms in total. The summed E-state index contributed by atoms with van der Waals surface area (Å²) in [6, 6.07) is 5.33. The lowest BCUT2D eigenvalue weighted by atomic mass is 10.1. The van der Waals surface area contributed by atoms with E-state index in [1.165, 1.54) is 0 Å². The Morgan fingerprint density at radius 2 is 2.07 bits per heavy atom. The first-order chi connectivity index (χ1) is 6.70. The molecule has 0 aliphatic rings. The molecular formula is C10H9NO2S. The first-order valence-electron chi connectivity index (χ1n) is 4.14. The lowest BCUT2D eigenvalue weighted by Crippen LogP contribution is -1.91. The highest BCUT2D eigenvalue weighted by Gasteiger charge is 2.06. The first kappa shape index (κ1) is 9.30. The van der Waals surface area contributed by atoms with E-state index in [1.54, 1.807) is 24.5 Å². The third-order valence-electron chi connectivity index (χ3n) is 2.15. The number of pyridine rings is 1. The van der Waals surface area contributed by atoms with E-state index in [2.05, 4.69) is 4.98 Å². The van der Waals surface area contributed by atoms with Crippen molar-refractivity contribution in [2.45, 2.75) is 11.8 Å². The van der Waals surface area contributed by atoms with Gasteiger partial charge in [0, 0.05) is 17.8 Å². The van der Waals surface area contributed by atoms with Crippen molar-refractivity contribution < 1.29 is 8.76 Å². The molecule has 1 aromatic carbocycles. The molecule has 14 heavy (non-hydrogen) atoms. The van der Waals surface area contributed by atoms with Gasteiger partial charge in [0.15, 0.2) is 11.1 Å². The van der Waals surface area contributed by atoms with Gasteiger partial charge in [0.2, 0.25) is 0 Å². The van der Waals surface area contributed by atoms with Crippen LogP contribution in [-0.4, -0.2) is 13.7 Å². The smallest absolute Gasteiger partial charge is 0.187 e. The normalized spacial score (nSPS) is 13.0. The Bertz CT molecular complexity index is 510. The van der Waals surface area contributed by atoms with Gasteiger partial charge in [0.1, 0.15) is 0 Å². The van der Waals surface area contributed by atoms with Crippen molar-refractivity contribution >= 4 is 21.9 Å². The van der Waals surface area contributed by atoms with Gasteiger partial charge in [-0.15, -0.1) is 0 Å². The van der Waals surface area contributed by atoms with Gasteiger partial charge in [-0.05, 0) is 23.9 Å². The second-order valence-corrected chi connectivity index (χ2v) is 3.99. The molecule has 0 amide bonds. The molecule has 0 saturated carbocycles. The van der Waals surface area contributed by atoms with E-state index in [0.717, 1.165) is 16.3 Å². The summed E-state index contributed by atoms with van der Waals surface area (Å²) in [6.45, 7) is 1.93. The standard InChI is InChI=1S/C10H9NO2S/c1-7-5-11-6-9-8(7)3-2-4-10(9)14(12)13/h2-6H,1H3,(H,12,13). The van der Waals surface area contributed by atoms with Crippen molar-refractivity contribution in [3.05, 3.63) is 36.2 Å². The van der Waals surface area contributed by atoms with Crippen LogP contribution in [0.3, 0.4) is 0 Å². The summed E-state index contributed by atoms with van der Waals surface area (Å²) in [5, 5.41) is 1.72. The quantitative estimate of drug-likeness (QED) is 0.729. The molecule has 0 radical (unpaired) electrons. The number of aromatic nitrogens is 1. The summed E-state index contributed by atoms with van der Waals surface area (Å²) in [5.41, 5.74) is 1.01. The van der Waals surface area contributed by atoms with Crippen LogP contribution >= 0.6 is 0 Å². The molecule has 1 aromatic heterocycles. The van der Waals surface area contributed by atoms with Crippen LogP contribution in [0.15, 0.2) is 35.5 Å². The molecule has 1 heterocycles. The van der Waals surface area contributed by atoms with Crippen molar-refractivity contribution in [1.29, 1.82) is 0 Å². The van der Waals surface area contributed by atoms with Crippen molar-refractivity contribution in [2.24, 2.45) is 0 Å². The third kappa shape index (κ3) is 1.42. The SMILES string of the molecule is Cc1cncc2c(S(=O)O)cccc12. The zero-order chi connectivity index (χ0) is 10.1. The van der Waals surface area contributed by atoms with E-state index < -0.39 is 11.1 Å². The van der Waals surface area contributed by atoms with Crippen molar-refractivity contribution in [3.63, 3.8) is 0 Å². The Hall–Kier alpha value is -1.26. The average Bonchev–Trinajstić information content (AvgIpc) is 2.17. The Labute approximate surface area is 84.1 Å². The van der Waals surface area contributed by atoms with Crippen molar-refractivity contribution in [2.75, 3.05) is 0 Å². The minimum atomic E-state index is -1.95. The average molecular weight is 207 g/mol. The van der Waals surface area contributed by atoms with Gasteiger partial charge in [-0.25, -0.2) is 4.21 Å². The van der Waals surface area contributed by atoms with E-state index in [-0.39, 0.29) is 0 Å². The van der Waals surface area contributed by atoms with E-state index >= 15 is 0 Å². The van der Waals surface area contributed by atoms with Crippen LogP contribution in [0.4, 0.5) is 0 Å². The largest absolute Gasteiger partial charge is 0.302 e. The van der Waals surface area contributed by atoms with Crippen LogP contribution < -0.4 is 0 Å². The van der Waals surface area contributed by atoms with Crippen LogP contribution in [0.1, 0.15) is 5.56 Å². The number of hydrogen-bond donors (Lipinski definition) is 1. The van der Waals surface area contributed by atoms with Crippen molar-refractivity contribution in [1.82, 2.24) is 4.98 Å². The summed E-state index contributed by atoms with van der Waals surface area (Å²) < 4.78 is 20.1. The maximum Gasteiger partial charge on any atom is 0.187 e. The van der Waals surface area contributed by atoms with Crippen LogP contribution in [0.25, 0.3) is 10.8 Å². The fourth-order valence-corrected chi connectivity index (χ4v) is 2.01. The Morgan fingerprint density at radius 1 is 1.29 bits per heavy atom. The maximum atomic E-state index is 11.0. The third-order valence-corrected chi connectivity index (χ3v) is 2.88. The lowest BCUT2D eigenvalue weighted by molar-refractivity contribution is 0.565. The monoisotopic (exact) mass is 207 g/mol. The summed E-state index contributed by atoms with van der Waals surface area (Å²) in [4.78, 5) is 4.43. The van der Waals surface area contributed by atoms with Gasteiger partial charge in [0.05, 0.1) is 4.90 Å². The molecular weight excluding hydrogens is 198 g/mol. The highest BCUT2D eigenvalue weighted by Crippen LogP contribution is 2.22. The Kier molecular flexibility index (Phi) is 2.31. The molecule has 72 valence electrons. The Morgan fingerprint density at radius 3 is 2.79 bits per heavy atom. The summed E-state index contributed by atoms with van der Waals surface area (Å²) in [6.07, 6.45) is 3.36. The molecule has 0 spiro atoms. The predicted molar refractivity (Wildman–Crippen MR) is 55.5 cm³/mol. The van der Waals surface area contributed by atoms with Crippen LogP contribution in [0.5, 0.6) is 0 Å². The fraction of sp³-hybridized carbons (Fsp3) is 0.100. The number of benzene rings is 1. The molecule has 0 aliphatic heterocycles. The zero-order valence-electron chi connectivity index (χ0n) is 7.60. The van der Waals surface area contributed by atoms with Crippen LogP contribution in [-0.2, 0) is 11.1 Å². The molecule has 0 saturated heterocycles. The summed E-state index contributed by atoms with van der Waals surface area (Å²) >= 11 is -1.95. The minimum absolute atomic E-state index is 0.415. The number of aryl methyl sites for hydroxylation is 1. The van der Waals surface area contributed by atoms with Gasteiger partial charge in [0.25, 0.3) is 0 Å². The second-order valence-electron chi connectivity index (χ2n) is 3.06. The summed E-state index contributed by atoms with van der Waals surface area (Å²) in [7, 11) is 0. The van der Waals surface area contributed by atoms with Crippen LogP contribution in [0.2, 0.25) is 0 Å². The fourth-order valence-electron chi connectivity index (χ4n) is 1.47. The molecule has 2 rings (SSSR count). The van der Waals surface area contributed by atoms with Gasteiger partial charge in [-0.3, -0.25) is 4.98 Å². The number of nitrogens with zero attached hydrogens (tertiary/aromatic N) is 1. The van der Waals surface area contributed by atoms with Crippen LogP contribution in [0, 0.1) is 6.92 Å². The molecule has 0 aliphatic carbocycles. The first-order valence-corrected chi connectivity index (χ1v) is 5.25. The predicted octanol–water partition coefficient (Wildman–Crippen LogP) is 2.12. The van der Waals surface area contributed by atoms with Crippen molar-refractivity contribution in [3.8, 4) is 0 Å². The van der Waals surface area contributed by atoms with Gasteiger partial charge in [-0.1, -0.05) is 12.1 Å². The molecule has 2 aromatic rings. The van der Waals surface area contributed by atoms with E-state index in [0.29, 0.717) is 4.90 Å². The van der Waals surface area contributed by atoms with E-state index in [1.807, 2.05) is 13.0 Å². The van der Waals surface area contributed by atoms with E-state index in [4.69, 9.17) is 4.55 Å². The molecule has 1 N–H and O–H groups in total. The van der Waals surface area contributed by atoms with E-state index in [9.17, 15) is 4.21 Å². The zero-order valence-corrected chi connectivity index (χ0v) is 8.41. The molecule has 4 heteroatoms. The molecule has 0 fully saturated rings. The maximum absolute atomic E-state index is 11.0.